The van der Waals surface area contributed by atoms with Crippen LogP contribution in [0, 0.1) is 16.0 Å². The number of non-ortho nitro benzene ring substituents is 1. The Kier molecular flexibility index (Phi) is 4.87. The first kappa shape index (κ1) is 17.2. The molecule has 0 bridgehead atoms. The minimum Gasteiger partial charge on any atom is -0.423 e. The summed E-state index contributed by atoms with van der Waals surface area (Å²) in [7, 11) is 0. The number of fused-ring (bicyclic) bond motifs is 1. The molecule has 1 N–H and O–H groups in total. The van der Waals surface area contributed by atoms with Gasteiger partial charge in [-0.25, -0.2) is 4.79 Å². The number of hydrogen-bond acceptors (Lipinski definition) is 6. The number of nitro benzene ring substituents is 1. The van der Waals surface area contributed by atoms with Crippen molar-refractivity contribution in [2.24, 2.45) is 5.92 Å². The number of rotatable bonds is 4. The lowest BCUT2D eigenvalue weighted by Crippen LogP contribution is -2.48. The lowest BCUT2D eigenvalue weighted by Gasteiger charge is -2.32. The van der Waals surface area contributed by atoms with Gasteiger partial charge in [0.25, 0.3) is 5.69 Å². The van der Waals surface area contributed by atoms with Gasteiger partial charge in [-0.15, -0.1) is 0 Å². The third-order valence-corrected chi connectivity index (χ3v) is 4.83. The van der Waals surface area contributed by atoms with E-state index in [1.54, 1.807) is 4.90 Å². The molecule has 0 saturated heterocycles. The van der Waals surface area contributed by atoms with Crippen LogP contribution in [0.3, 0.4) is 0 Å². The predicted molar refractivity (Wildman–Crippen MR) is 90.5 cm³/mol. The maximum Gasteiger partial charge on any atom is 0.331 e. The van der Waals surface area contributed by atoms with E-state index in [2.05, 4.69) is 12.2 Å². The normalized spacial score (nSPS) is 22.8. The number of ether oxygens (including phenoxy) is 1. The topological polar surface area (TPSA) is 102 Å². The van der Waals surface area contributed by atoms with E-state index in [-0.39, 0.29) is 36.5 Å². The minimum absolute atomic E-state index is 0.0170. The molecule has 1 saturated carbocycles. The number of nitrogens with zero attached hydrogens (tertiary/aromatic N) is 2. The van der Waals surface area contributed by atoms with Gasteiger partial charge in [0.05, 0.1) is 23.2 Å². The quantitative estimate of drug-likeness (QED) is 0.387. The van der Waals surface area contributed by atoms with Crippen LogP contribution in [-0.2, 0) is 9.59 Å². The Bertz CT molecular complexity index is 706. The summed E-state index contributed by atoms with van der Waals surface area (Å²) in [5.41, 5.74) is 0.353. The third kappa shape index (κ3) is 3.89. The van der Waals surface area contributed by atoms with Crippen LogP contribution >= 0.6 is 0 Å². The number of benzene rings is 1. The molecule has 2 unspecified atom stereocenters. The molecular formula is C17H21N3O5. The monoisotopic (exact) mass is 347 g/mol. The minimum atomic E-state index is -0.551. The lowest BCUT2D eigenvalue weighted by atomic mass is 9.86. The number of carbonyl (C=O) groups excluding carboxylic acids is 2. The number of nitro groups is 1. The van der Waals surface area contributed by atoms with Crippen LogP contribution in [0.15, 0.2) is 18.2 Å². The smallest absolute Gasteiger partial charge is 0.331 e. The maximum atomic E-state index is 12.4. The summed E-state index contributed by atoms with van der Waals surface area (Å²) < 4.78 is 5.08. The van der Waals surface area contributed by atoms with Gasteiger partial charge in [-0.2, -0.15) is 0 Å². The number of esters is 1. The SMILES string of the molecule is CC1CCCCC1NC(=O)CN1CC(=O)Oc2cc([N+](=O)[O-])ccc21. The van der Waals surface area contributed by atoms with Gasteiger partial charge in [0.1, 0.15) is 6.54 Å². The summed E-state index contributed by atoms with van der Waals surface area (Å²) in [4.78, 5) is 36.1. The van der Waals surface area contributed by atoms with Crippen molar-refractivity contribution >= 4 is 23.3 Å². The van der Waals surface area contributed by atoms with Crippen LogP contribution in [0.25, 0.3) is 0 Å². The molecule has 1 aromatic carbocycles. The zero-order valence-electron chi connectivity index (χ0n) is 14.1. The second-order valence-corrected chi connectivity index (χ2v) is 6.68. The van der Waals surface area contributed by atoms with Crippen LogP contribution < -0.4 is 15.0 Å². The zero-order valence-corrected chi connectivity index (χ0v) is 14.1. The van der Waals surface area contributed by atoms with Gasteiger partial charge >= 0.3 is 5.97 Å². The second kappa shape index (κ2) is 7.08. The maximum absolute atomic E-state index is 12.4. The lowest BCUT2D eigenvalue weighted by molar-refractivity contribution is -0.384. The van der Waals surface area contributed by atoms with Crippen molar-refractivity contribution in [3.8, 4) is 5.75 Å². The Hall–Kier alpha value is -2.64. The average Bonchev–Trinajstić information content (AvgIpc) is 2.56. The molecule has 134 valence electrons. The van der Waals surface area contributed by atoms with Crippen LogP contribution in [-0.4, -0.2) is 35.9 Å². The fourth-order valence-corrected chi connectivity index (χ4v) is 3.45. The predicted octanol–water partition coefficient (Wildman–Crippen LogP) is 2.02. The van der Waals surface area contributed by atoms with E-state index in [0.29, 0.717) is 11.6 Å². The van der Waals surface area contributed by atoms with E-state index in [1.807, 2.05) is 0 Å². The number of amides is 1. The second-order valence-electron chi connectivity index (χ2n) is 6.68. The summed E-state index contributed by atoms with van der Waals surface area (Å²) in [6, 6.07) is 4.22. The molecule has 1 heterocycles. The number of hydrogen-bond donors (Lipinski definition) is 1. The Morgan fingerprint density at radius 3 is 2.88 bits per heavy atom. The van der Waals surface area contributed by atoms with Crippen molar-refractivity contribution in [1.29, 1.82) is 0 Å². The molecule has 2 aliphatic rings. The molecule has 8 heteroatoms. The number of carbonyl (C=O) groups is 2. The number of nitrogens with one attached hydrogen (secondary N) is 1. The first-order valence-corrected chi connectivity index (χ1v) is 8.47. The van der Waals surface area contributed by atoms with Gasteiger partial charge in [0, 0.05) is 12.1 Å². The molecule has 0 aromatic heterocycles. The molecule has 0 spiro atoms. The zero-order chi connectivity index (χ0) is 18.0. The molecule has 1 aliphatic carbocycles. The van der Waals surface area contributed by atoms with Gasteiger partial charge in [-0.1, -0.05) is 19.8 Å². The first-order valence-electron chi connectivity index (χ1n) is 8.47. The summed E-state index contributed by atoms with van der Waals surface area (Å²) in [6.45, 7) is 2.10. The molecule has 2 atom stereocenters. The molecule has 8 nitrogen and oxygen atoms in total. The third-order valence-electron chi connectivity index (χ3n) is 4.83. The highest BCUT2D eigenvalue weighted by Crippen LogP contribution is 2.35. The van der Waals surface area contributed by atoms with E-state index >= 15 is 0 Å². The van der Waals surface area contributed by atoms with Crippen molar-refractivity contribution in [2.45, 2.75) is 38.6 Å². The molecular weight excluding hydrogens is 326 g/mol. The van der Waals surface area contributed by atoms with Gasteiger partial charge in [0.15, 0.2) is 5.75 Å². The van der Waals surface area contributed by atoms with Crippen LogP contribution in [0.4, 0.5) is 11.4 Å². The molecule has 1 fully saturated rings. The summed E-state index contributed by atoms with van der Waals surface area (Å²) in [5, 5.41) is 13.9. The van der Waals surface area contributed by atoms with Gasteiger partial charge in [-0.05, 0) is 24.8 Å². The fourth-order valence-electron chi connectivity index (χ4n) is 3.45. The molecule has 3 rings (SSSR count). The van der Waals surface area contributed by atoms with Gasteiger partial charge in [-0.3, -0.25) is 14.9 Å². The Labute approximate surface area is 145 Å². The summed E-state index contributed by atoms with van der Waals surface area (Å²) >= 11 is 0. The van der Waals surface area contributed by atoms with Crippen molar-refractivity contribution in [3.63, 3.8) is 0 Å². The van der Waals surface area contributed by atoms with E-state index in [0.717, 1.165) is 19.3 Å². The standard InChI is InChI=1S/C17H21N3O5/c1-11-4-2-3-5-13(11)18-16(21)9-19-10-17(22)25-15-8-12(20(23)24)6-7-14(15)19/h6-8,11,13H,2-5,9-10H2,1H3,(H,18,21). The van der Waals surface area contributed by atoms with Gasteiger partial charge < -0.3 is 15.0 Å². The van der Waals surface area contributed by atoms with E-state index in [4.69, 9.17) is 4.74 Å². The molecule has 0 radical (unpaired) electrons. The van der Waals surface area contributed by atoms with Crippen molar-refractivity contribution < 1.29 is 19.2 Å². The van der Waals surface area contributed by atoms with Crippen molar-refractivity contribution in [1.82, 2.24) is 5.32 Å². The molecule has 1 aliphatic heterocycles. The summed E-state index contributed by atoms with van der Waals surface area (Å²) in [5.74, 6) is -0.132. The highest BCUT2D eigenvalue weighted by Gasteiger charge is 2.29. The molecule has 1 amide bonds. The van der Waals surface area contributed by atoms with E-state index in [1.165, 1.54) is 24.6 Å². The Morgan fingerprint density at radius 2 is 2.16 bits per heavy atom. The van der Waals surface area contributed by atoms with Crippen molar-refractivity contribution in [3.05, 3.63) is 28.3 Å². The van der Waals surface area contributed by atoms with Crippen LogP contribution in [0.5, 0.6) is 5.75 Å². The molecule has 25 heavy (non-hydrogen) atoms. The summed E-state index contributed by atoms with van der Waals surface area (Å²) in [6.07, 6.45) is 4.38. The van der Waals surface area contributed by atoms with E-state index in [9.17, 15) is 19.7 Å². The first-order chi connectivity index (χ1) is 11.9. The van der Waals surface area contributed by atoms with E-state index < -0.39 is 10.9 Å². The Balaban J connectivity index is 1.71. The van der Waals surface area contributed by atoms with Crippen LogP contribution in [0.2, 0.25) is 0 Å². The Morgan fingerprint density at radius 1 is 1.40 bits per heavy atom. The molecule has 1 aromatic rings. The average molecular weight is 347 g/mol. The van der Waals surface area contributed by atoms with Gasteiger partial charge in [0.2, 0.25) is 5.91 Å². The number of anilines is 1. The highest BCUT2D eigenvalue weighted by atomic mass is 16.6. The van der Waals surface area contributed by atoms with Crippen LogP contribution in [0.1, 0.15) is 32.6 Å². The largest absolute Gasteiger partial charge is 0.423 e. The van der Waals surface area contributed by atoms with Crippen molar-refractivity contribution in [2.75, 3.05) is 18.0 Å². The fraction of sp³-hybridized carbons (Fsp3) is 0.529. The highest BCUT2D eigenvalue weighted by molar-refractivity contribution is 5.89.